The number of esters is 1. The van der Waals surface area contributed by atoms with Gasteiger partial charge in [0.1, 0.15) is 13.2 Å². The highest BCUT2D eigenvalue weighted by Gasteiger charge is 2.19. The fourth-order valence-corrected chi connectivity index (χ4v) is 3.08. The molecule has 0 aliphatic rings. The van der Waals surface area contributed by atoms with E-state index in [9.17, 15) is 9.59 Å². The van der Waals surface area contributed by atoms with Crippen molar-refractivity contribution < 1.29 is 9.53 Å². The summed E-state index contributed by atoms with van der Waals surface area (Å²) in [5, 5.41) is 2.95. The fourth-order valence-electron chi connectivity index (χ4n) is 2.78. The van der Waals surface area contributed by atoms with Crippen molar-refractivity contribution in [3.8, 4) is 11.3 Å². The summed E-state index contributed by atoms with van der Waals surface area (Å²) in [5.41, 5.74) is 6.90. The van der Waals surface area contributed by atoms with Crippen LogP contribution in [0.4, 0.5) is 5.82 Å². The molecular formula is C21H21ClN4O3. The highest BCUT2D eigenvalue weighted by atomic mass is 35.5. The molecule has 2 aromatic carbocycles. The second-order valence-electron chi connectivity index (χ2n) is 6.22. The van der Waals surface area contributed by atoms with Crippen LogP contribution >= 0.6 is 11.6 Å². The first-order valence-electron chi connectivity index (χ1n) is 9.09. The first-order chi connectivity index (χ1) is 14.1. The van der Waals surface area contributed by atoms with Gasteiger partial charge in [0.05, 0.1) is 5.69 Å². The minimum absolute atomic E-state index is 0.0380. The number of hydrogen-bond acceptors (Lipinski definition) is 6. The van der Waals surface area contributed by atoms with E-state index in [1.807, 2.05) is 48.5 Å². The van der Waals surface area contributed by atoms with Crippen molar-refractivity contribution in [2.24, 2.45) is 5.73 Å². The average Bonchev–Trinajstić information content (AvgIpc) is 2.75. The number of hydrogen-bond donors (Lipinski definition) is 2. The van der Waals surface area contributed by atoms with E-state index in [1.165, 1.54) is 4.57 Å². The first kappa shape index (κ1) is 20.6. The molecule has 0 saturated carbocycles. The highest BCUT2D eigenvalue weighted by Crippen LogP contribution is 2.26. The molecule has 7 nitrogen and oxygen atoms in total. The van der Waals surface area contributed by atoms with E-state index < -0.39 is 11.5 Å². The van der Waals surface area contributed by atoms with Gasteiger partial charge in [-0.1, -0.05) is 72.3 Å². The third-order valence-electron chi connectivity index (χ3n) is 4.14. The van der Waals surface area contributed by atoms with E-state index in [0.29, 0.717) is 24.3 Å². The van der Waals surface area contributed by atoms with E-state index in [0.717, 1.165) is 5.56 Å². The lowest BCUT2D eigenvalue weighted by molar-refractivity contribution is -0.145. The number of nitrogens with one attached hydrogen (secondary N) is 1. The van der Waals surface area contributed by atoms with Crippen LogP contribution < -0.4 is 16.6 Å². The van der Waals surface area contributed by atoms with Gasteiger partial charge in [-0.3, -0.25) is 14.2 Å². The van der Waals surface area contributed by atoms with Gasteiger partial charge in [0.2, 0.25) is 0 Å². The number of anilines is 1. The molecule has 3 N–H and O–H groups in total. The van der Waals surface area contributed by atoms with E-state index in [4.69, 9.17) is 22.1 Å². The molecule has 1 heterocycles. The van der Waals surface area contributed by atoms with Crippen LogP contribution in [-0.4, -0.2) is 28.6 Å². The number of carbonyl (C=O) groups excluding carboxylic acids is 1. The molecular weight excluding hydrogens is 392 g/mol. The highest BCUT2D eigenvalue weighted by molar-refractivity contribution is 6.32. The number of aromatic nitrogens is 2. The maximum absolute atomic E-state index is 13.0. The number of rotatable bonds is 8. The molecule has 8 heteroatoms. The summed E-state index contributed by atoms with van der Waals surface area (Å²) >= 11 is 6.38. The van der Waals surface area contributed by atoms with Crippen molar-refractivity contribution in [3.63, 3.8) is 0 Å². The Hall–Kier alpha value is -3.16. The molecule has 150 valence electrons. The summed E-state index contributed by atoms with van der Waals surface area (Å²) in [5.74, 6) is -0.517. The Kier molecular flexibility index (Phi) is 6.99. The second kappa shape index (κ2) is 9.86. The Balaban J connectivity index is 1.92. The van der Waals surface area contributed by atoms with Crippen LogP contribution in [0, 0.1) is 0 Å². The number of nitrogens with zero attached hydrogens (tertiary/aromatic N) is 2. The molecule has 0 aliphatic heterocycles. The van der Waals surface area contributed by atoms with Crippen molar-refractivity contribution >= 4 is 23.4 Å². The van der Waals surface area contributed by atoms with E-state index in [-0.39, 0.29) is 24.1 Å². The van der Waals surface area contributed by atoms with E-state index >= 15 is 0 Å². The van der Waals surface area contributed by atoms with Crippen LogP contribution in [0.1, 0.15) is 5.56 Å². The Morgan fingerprint density at radius 3 is 2.41 bits per heavy atom. The van der Waals surface area contributed by atoms with Gasteiger partial charge in [0.25, 0.3) is 5.56 Å². The zero-order valence-electron chi connectivity index (χ0n) is 15.7. The summed E-state index contributed by atoms with van der Waals surface area (Å²) in [6.07, 6.45) is 0. The standard InChI is InChI=1S/C21H21ClN4O3/c22-19-18(16-9-5-2-6-10-16)26(21(28)20(25-19)24-12-11-23)13-17(27)29-14-15-7-3-1-4-8-15/h1-10H,11-14,23H2,(H,24,25). The first-order valence-corrected chi connectivity index (χ1v) is 9.47. The van der Waals surface area contributed by atoms with Crippen LogP contribution in [-0.2, 0) is 22.7 Å². The average molecular weight is 413 g/mol. The minimum atomic E-state index is -0.555. The maximum Gasteiger partial charge on any atom is 0.326 e. The minimum Gasteiger partial charge on any atom is -0.459 e. The quantitative estimate of drug-likeness (QED) is 0.552. The van der Waals surface area contributed by atoms with Gasteiger partial charge in [-0.15, -0.1) is 0 Å². The topological polar surface area (TPSA) is 99.2 Å². The van der Waals surface area contributed by atoms with Gasteiger partial charge in [-0.25, -0.2) is 4.98 Å². The lowest BCUT2D eigenvalue weighted by Crippen LogP contribution is -2.31. The third-order valence-corrected chi connectivity index (χ3v) is 4.40. The van der Waals surface area contributed by atoms with Gasteiger partial charge < -0.3 is 15.8 Å². The molecule has 0 spiro atoms. The van der Waals surface area contributed by atoms with Crippen molar-refractivity contribution in [1.82, 2.24) is 9.55 Å². The molecule has 1 aromatic heterocycles. The Bertz CT molecular complexity index is 1020. The summed E-state index contributed by atoms with van der Waals surface area (Å²) in [6.45, 7) is 0.488. The van der Waals surface area contributed by atoms with Crippen LogP contribution in [0.2, 0.25) is 5.15 Å². The zero-order valence-corrected chi connectivity index (χ0v) is 16.4. The zero-order chi connectivity index (χ0) is 20.6. The molecule has 0 fully saturated rings. The molecule has 29 heavy (non-hydrogen) atoms. The van der Waals surface area contributed by atoms with Crippen LogP contribution in [0.5, 0.6) is 0 Å². The van der Waals surface area contributed by atoms with Crippen molar-refractivity contribution in [1.29, 1.82) is 0 Å². The van der Waals surface area contributed by atoms with Crippen LogP contribution in [0.15, 0.2) is 65.5 Å². The lowest BCUT2D eigenvalue weighted by Gasteiger charge is -2.16. The van der Waals surface area contributed by atoms with E-state index in [1.54, 1.807) is 12.1 Å². The summed E-state index contributed by atoms with van der Waals surface area (Å²) < 4.78 is 6.61. The van der Waals surface area contributed by atoms with Crippen molar-refractivity contribution in [2.75, 3.05) is 18.4 Å². The van der Waals surface area contributed by atoms with Gasteiger partial charge in [-0.05, 0) is 5.56 Å². The lowest BCUT2D eigenvalue weighted by atomic mass is 10.1. The number of benzene rings is 2. The van der Waals surface area contributed by atoms with Gasteiger partial charge in [0, 0.05) is 18.7 Å². The predicted molar refractivity (Wildman–Crippen MR) is 113 cm³/mol. The number of ether oxygens (including phenoxy) is 1. The molecule has 0 aliphatic carbocycles. The molecule has 3 rings (SSSR count). The van der Waals surface area contributed by atoms with E-state index in [2.05, 4.69) is 10.3 Å². The summed E-state index contributed by atoms with van der Waals surface area (Å²) in [4.78, 5) is 29.6. The number of carbonyl (C=O) groups is 1. The summed E-state index contributed by atoms with van der Waals surface area (Å²) in [6, 6.07) is 18.4. The molecule has 3 aromatic rings. The van der Waals surface area contributed by atoms with Crippen molar-refractivity contribution in [3.05, 3.63) is 81.7 Å². The molecule has 0 atom stereocenters. The molecule has 0 unspecified atom stereocenters. The normalized spacial score (nSPS) is 10.6. The van der Waals surface area contributed by atoms with Crippen molar-refractivity contribution in [2.45, 2.75) is 13.2 Å². The SMILES string of the molecule is NCCNc1nc(Cl)c(-c2ccccc2)n(CC(=O)OCc2ccccc2)c1=O. The Morgan fingerprint density at radius 1 is 1.10 bits per heavy atom. The van der Waals surface area contributed by atoms with Gasteiger partial charge in [0.15, 0.2) is 11.0 Å². The molecule has 0 amide bonds. The fraction of sp³-hybridized carbons (Fsp3) is 0.190. The van der Waals surface area contributed by atoms with Gasteiger partial charge >= 0.3 is 5.97 Å². The molecule has 0 radical (unpaired) electrons. The van der Waals surface area contributed by atoms with Crippen LogP contribution in [0.25, 0.3) is 11.3 Å². The third kappa shape index (κ3) is 5.22. The molecule has 0 saturated heterocycles. The predicted octanol–water partition coefficient (Wildman–Crippen LogP) is 2.68. The Labute approximate surface area is 173 Å². The van der Waals surface area contributed by atoms with Crippen LogP contribution in [0.3, 0.4) is 0 Å². The second-order valence-corrected chi connectivity index (χ2v) is 6.58. The largest absolute Gasteiger partial charge is 0.459 e. The maximum atomic E-state index is 13.0. The number of halogens is 1. The van der Waals surface area contributed by atoms with Gasteiger partial charge in [-0.2, -0.15) is 0 Å². The summed E-state index contributed by atoms with van der Waals surface area (Å²) in [7, 11) is 0. The smallest absolute Gasteiger partial charge is 0.326 e. The monoisotopic (exact) mass is 412 g/mol. The molecule has 0 bridgehead atoms. The Morgan fingerprint density at radius 2 is 1.76 bits per heavy atom. The number of nitrogens with two attached hydrogens (primary N) is 1.